The van der Waals surface area contributed by atoms with E-state index in [0.29, 0.717) is 17.6 Å². The topological polar surface area (TPSA) is 48.5 Å². The Morgan fingerprint density at radius 1 is 0.354 bits per heavy atom. The Kier molecular flexibility index (Phi) is 8.18. The van der Waals surface area contributed by atoms with Crippen LogP contribution in [0.4, 0.5) is 0 Å². The summed E-state index contributed by atoms with van der Waals surface area (Å²) in [5.74, 6) is 1.78. The Hall–Kier alpha value is -8.41. The standard InChI is InChI=1S/C60H41N5/c1-60(2)51-31-12-9-26-44(51)47-34-35-49-46-28-11-14-33-53(46)65(56(49)54(47)60)59-62-57(42-23-16-22-41(37-42)40-21-15-20-39(36-40)38-18-5-3-6-19-38)61-58(63-59)50-30-17-29-48-45-27-10-13-32-52(45)64(55(48)50)43-24-7-4-8-25-43/h3-37H,1-2H3. The van der Waals surface area contributed by atoms with Gasteiger partial charge in [-0.1, -0.05) is 184 Å². The smallest absolute Gasteiger partial charge is 0.238 e. The molecule has 1 aliphatic rings. The molecule has 0 aliphatic heterocycles. The van der Waals surface area contributed by atoms with Gasteiger partial charge in [0.05, 0.1) is 22.1 Å². The van der Waals surface area contributed by atoms with Gasteiger partial charge in [0.25, 0.3) is 0 Å². The number of hydrogen-bond donors (Lipinski definition) is 0. The molecule has 0 radical (unpaired) electrons. The third kappa shape index (κ3) is 5.68. The van der Waals surface area contributed by atoms with Crippen molar-refractivity contribution in [1.29, 1.82) is 0 Å². The molecule has 12 aromatic rings. The summed E-state index contributed by atoms with van der Waals surface area (Å²) in [5, 5.41) is 4.65. The van der Waals surface area contributed by atoms with Crippen LogP contribution in [0.3, 0.4) is 0 Å². The predicted octanol–water partition coefficient (Wildman–Crippen LogP) is 15.0. The highest BCUT2D eigenvalue weighted by Gasteiger charge is 2.38. The van der Waals surface area contributed by atoms with Gasteiger partial charge in [-0.25, -0.2) is 4.98 Å². The fourth-order valence-electron chi connectivity index (χ4n) is 10.6. The summed E-state index contributed by atoms with van der Waals surface area (Å²) in [7, 11) is 0. The Morgan fingerprint density at radius 2 is 0.877 bits per heavy atom. The number of hydrogen-bond acceptors (Lipinski definition) is 3. The van der Waals surface area contributed by atoms with Crippen molar-refractivity contribution in [2.75, 3.05) is 0 Å². The van der Waals surface area contributed by atoms with E-state index in [1.54, 1.807) is 0 Å². The molecule has 0 fully saturated rings. The molecule has 0 spiro atoms. The van der Waals surface area contributed by atoms with Crippen LogP contribution in [-0.4, -0.2) is 24.1 Å². The van der Waals surface area contributed by atoms with Gasteiger partial charge in [0.2, 0.25) is 5.95 Å². The maximum absolute atomic E-state index is 5.60. The molecular formula is C60H41N5. The highest BCUT2D eigenvalue weighted by atomic mass is 15.2. The second-order valence-electron chi connectivity index (χ2n) is 17.6. The van der Waals surface area contributed by atoms with Gasteiger partial charge >= 0.3 is 0 Å². The first-order chi connectivity index (χ1) is 32.0. The van der Waals surface area contributed by atoms with E-state index in [1.165, 1.54) is 44.2 Å². The normalized spacial score (nSPS) is 12.9. The monoisotopic (exact) mass is 831 g/mol. The fourth-order valence-corrected chi connectivity index (χ4v) is 10.6. The van der Waals surface area contributed by atoms with Crippen molar-refractivity contribution in [3.63, 3.8) is 0 Å². The third-order valence-electron chi connectivity index (χ3n) is 13.5. The van der Waals surface area contributed by atoms with E-state index >= 15 is 0 Å². The molecule has 13 rings (SSSR count). The molecule has 65 heavy (non-hydrogen) atoms. The summed E-state index contributed by atoms with van der Waals surface area (Å²) in [6, 6.07) is 75.8. The molecule has 3 heterocycles. The Morgan fingerprint density at radius 3 is 1.63 bits per heavy atom. The number of rotatable bonds is 6. The molecule has 0 atom stereocenters. The van der Waals surface area contributed by atoms with E-state index in [1.807, 2.05) is 0 Å². The zero-order valence-corrected chi connectivity index (χ0v) is 35.9. The quantitative estimate of drug-likeness (QED) is 0.168. The molecule has 306 valence electrons. The third-order valence-corrected chi connectivity index (χ3v) is 13.5. The summed E-state index contributed by atoms with van der Waals surface area (Å²) in [6.07, 6.45) is 0. The number of benzene rings is 9. The van der Waals surface area contributed by atoms with Crippen molar-refractivity contribution in [2.45, 2.75) is 19.3 Å². The SMILES string of the molecule is CC1(C)c2ccccc2-c2ccc3c4ccccc4n(-c4nc(-c5cccc(-c6cccc(-c7ccccc7)c6)c5)nc(-c5cccc6c7ccccc7n(-c7ccccc7)c56)n4)c3c21. The maximum atomic E-state index is 5.60. The number of para-hydroxylation sites is 4. The summed E-state index contributed by atoms with van der Waals surface area (Å²) >= 11 is 0. The highest BCUT2D eigenvalue weighted by Crippen LogP contribution is 2.53. The van der Waals surface area contributed by atoms with Crippen LogP contribution in [0.1, 0.15) is 25.0 Å². The first-order valence-electron chi connectivity index (χ1n) is 22.3. The van der Waals surface area contributed by atoms with E-state index in [4.69, 9.17) is 15.0 Å². The Bertz CT molecular complexity index is 3860. The lowest BCUT2D eigenvalue weighted by molar-refractivity contribution is 0.663. The van der Waals surface area contributed by atoms with Crippen LogP contribution in [0, 0.1) is 0 Å². The van der Waals surface area contributed by atoms with Gasteiger partial charge in [-0.2, -0.15) is 9.97 Å². The maximum Gasteiger partial charge on any atom is 0.238 e. The van der Waals surface area contributed by atoms with Gasteiger partial charge in [-0.3, -0.25) is 4.57 Å². The lowest BCUT2D eigenvalue weighted by Crippen LogP contribution is -2.17. The summed E-state index contributed by atoms with van der Waals surface area (Å²) in [4.78, 5) is 16.6. The second-order valence-corrected chi connectivity index (χ2v) is 17.6. The van der Waals surface area contributed by atoms with Crippen molar-refractivity contribution >= 4 is 43.6 Å². The molecule has 0 N–H and O–H groups in total. The number of aromatic nitrogens is 5. The van der Waals surface area contributed by atoms with Gasteiger partial charge < -0.3 is 4.57 Å². The minimum absolute atomic E-state index is 0.277. The van der Waals surface area contributed by atoms with Gasteiger partial charge in [0.15, 0.2) is 11.6 Å². The fraction of sp³-hybridized carbons (Fsp3) is 0.0500. The molecule has 5 nitrogen and oxygen atoms in total. The molecule has 9 aromatic carbocycles. The van der Waals surface area contributed by atoms with Crippen molar-refractivity contribution in [3.05, 3.63) is 223 Å². The zero-order chi connectivity index (χ0) is 43.2. The summed E-state index contributed by atoms with van der Waals surface area (Å²) < 4.78 is 4.67. The van der Waals surface area contributed by atoms with Gasteiger partial charge in [0.1, 0.15) is 0 Å². The predicted molar refractivity (Wildman–Crippen MR) is 268 cm³/mol. The molecule has 0 bridgehead atoms. The molecule has 0 saturated heterocycles. The number of fused-ring (bicyclic) bond motifs is 10. The molecule has 3 aromatic heterocycles. The van der Waals surface area contributed by atoms with Crippen molar-refractivity contribution in [2.24, 2.45) is 0 Å². The summed E-state index contributed by atoms with van der Waals surface area (Å²) in [6.45, 7) is 4.70. The van der Waals surface area contributed by atoms with Gasteiger partial charge in [-0.05, 0) is 87.0 Å². The first-order valence-corrected chi connectivity index (χ1v) is 22.3. The Labute approximate surface area is 376 Å². The van der Waals surface area contributed by atoms with Crippen LogP contribution < -0.4 is 0 Å². The summed E-state index contributed by atoms with van der Waals surface area (Å²) in [5.41, 5.74) is 16.7. The van der Waals surface area contributed by atoms with Crippen molar-refractivity contribution in [3.8, 4) is 67.8 Å². The number of nitrogens with zero attached hydrogens (tertiary/aromatic N) is 5. The lowest BCUT2D eigenvalue weighted by atomic mass is 9.81. The van der Waals surface area contributed by atoms with Crippen LogP contribution in [0.15, 0.2) is 212 Å². The molecule has 1 aliphatic carbocycles. The van der Waals surface area contributed by atoms with Crippen LogP contribution in [-0.2, 0) is 5.41 Å². The van der Waals surface area contributed by atoms with E-state index < -0.39 is 0 Å². The molecule has 0 saturated carbocycles. The van der Waals surface area contributed by atoms with Crippen LogP contribution >= 0.6 is 0 Å². The Balaban J connectivity index is 1.11. The van der Waals surface area contributed by atoms with Gasteiger partial charge in [0, 0.05) is 43.8 Å². The van der Waals surface area contributed by atoms with Crippen LogP contribution in [0.2, 0.25) is 0 Å². The average Bonchev–Trinajstić information content (AvgIpc) is 3.97. The average molecular weight is 832 g/mol. The largest absolute Gasteiger partial charge is 0.309 e. The van der Waals surface area contributed by atoms with E-state index in [0.717, 1.165) is 60.8 Å². The van der Waals surface area contributed by atoms with E-state index in [-0.39, 0.29) is 5.41 Å². The minimum atomic E-state index is -0.277. The first kappa shape index (κ1) is 37.2. The lowest BCUT2D eigenvalue weighted by Gasteiger charge is -2.23. The van der Waals surface area contributed by atoms with Gasteiger partial charge in [-0.15, -0.1) is 0 Å². The second kappa shape index (κ2) is 14.3. The molecule has 5 heteroatoms. The molecular weight excluding hydrogens is 791 g/mol. The van der Waals surface area contributed by atoms with Crippen molar-refractivity contribution in [1.82, 2.24) is 24.1 Å². The van der Waals surface area contributed by atoms with Crippen LogP contribution in [0.5, 0.6) is 0 Å². The molecule has 0 amide bonds. The van der Waals surface area contributed by atoms with Crippen molar-refractivity contribution < 1.29 is 0 Å². The minimum Gasteiger partial charge on any atom is -0.309 e. The zero-order valence-electron chi connectivity index (χ0n) is 35.9. The van der Waals surface area contributed by atoms with E-state index in [2.05, 4.69) is 235 Å². The van der Waals surface area contributed by atoms with E-state index in [9.17, 15) is 0 Å². The molecule has 0 unspecified atom stereocenters. The van der Waals surface area contributed by atoms with Crippen LogP contribution in [0.25, 0.3) is 111 Å². The highest BCUT2D eigenvalue weighted by molar-refractivity contribution is 6.14.